The quantitative estimate of drug-likeness (QED) is 0.251. The first-order valence-corrected chi connectivity index (χ1v) is 12.9. The molecule has 0 spiro atoms. The van der Waals surface area contributed by atoms with Crippen molar-refractivity contribution in [2.75, 3.05) is 4.90 Å². The highest BCUT2D eigenvalue weighted by atomic mass is 16.5. The second-order valence-electron chi connectivity index (χ2n) is 9.37. The third-order valence-corrected chi connectivity index (χ3v) is 6.78. The third-order valence-electron chi connectivity index (χ3n) is 6.78. The van der Waals surface area contributed by atoms with Crippen LogP contribution in [-0.2, 0) is 11.8 Å². The van der Waals surface area contributed by atoms with Crippen LogP contribution >= 0.6 is 0 Å². The fourth-order valence-corrected chi connectivity index (χ4v) is 4.77. The van der Waals surface area contributed by atoms with Crippen LogP contribution in [0.1, 0.15) is 16.8 Å². The molecule has 0 atom stereocenters. The number of carbonyl (C=O) groups excluding carboxylic acids is 1. The molecule has 0 saturated heterocycles. The molecule has 1 amide bonds. The monoisotopic (exact) mass is 526 g/mol. The van der Waals surface area contributed by atoms with E-state index in [1.165, 1.54) is 4.90 Å². The maximum absolute atomic E-state index is 14.0. The van der Waals surface area contributed by atoms with Crippen LogP contribution in [0.15, 0.2) is 131 Å². The molecule has 0 saturated carbocycles. The van der Waals surface area contributed by atoms with Crippen molar-refractivity contribution in [3.63, 3.8) is 0 Å². The van der Waals surface area contributed by atoms with Gasteiger partial charge in [0.15, 0.2) is 0 Å². The van der Waals surface area contributed by atoms with Crippen LogP contribution in [0.4, 0.5) is 5.69 Å². The van der Waals surface area contributed by atoms with Gasteiger partial charge in [0.25, 0.3) is 11.5 Å². The minimum Gasteiger partial charge on any atom is -0.457 e. The first-order valence-electron chi connectivity index (χ1n) is 12.9. The summed E-state index contributed by atoms with van der Waals surface area (Å²) in [6.45, 7) is 1.83. The van der Waals surface area contributed by atoms with Gasteiger partial charge >= 0.3 is 0 Å². The van der Waals surface area contributed by atoms with Gasteiger partial charge in [-0.15, -0.1) is 0 Å². The highest BCUT2D eigenvalue weighted by Crippen LogP contribution is 2.30. The molecular weight excluding hydrogens is 500 g/mol. The molecule has 0 fully saturated rings. The largest absolute Gasteiger partial charge is 0.457 e. The van der Waals surface area contributed by atoms with E-state index < -0.39 is 0 Å². The predicted octanol–water partition coefficient (Wildman–Crippen LogP) is 6.11. The van der Waals surface area contributed by atoms with Crippen LogP contribution in [0, 0.1) is 6.92 Å². The number of hydrogen-bond acceptors (Lipinski definition) is 4. The third kappa shape index (κ3) is 4.54. The van der Waals surface area contributed by atoms with E-state index in [-0.39, 0.29) is 22.9 Å². The Bertz CT molecular complexity index is 1820. The Morgan fingerprint density at radius 3 is 2.08 bits per heavy atom. The maximum Gasteiger partial charge on any atom is 0.296 e. The number of amidine groups is 1. The van der Waals surface area contributed by atoms with E-state index in [0.29, 0.717) is 28.7 Å². The Balaban J connectivity index is 1.44. The van der Waals surface area contributed by atoms with E-state index >= 15 is 0 Å². The Labute approximate surface area is 231 Å². The molecule has 6 rings (SSSR count). The molecule has 0 aliphatic carbocycles. The lowest BCUT2D eigenvalue weighted by Crippen LogP contribution is -2.36. The zero-order valence-electron chi connectivity index (χ0n) is 22.1. The second kappa shape index (κ2) is 10.4. The molecule has 0 N–H and O–H groups in total. The van der Waals surface area contributed by atoms with Crippen LogP contribution in [0.2, 0.25) is 0 Å². The summed E-state index contributed by atoms with van der Waals surface area (Å²) in [5, 5.41) is 0. The summed E-state index contributed by atoms with van der Waals surface area (Å²) in [4.78, 5) is 34.0. The van der Waals surface area contributed by atoms with Gasteiger partial charge in [0.05, 0.1) is 11.4 Å². The van der Waals surface area contributed by atoms with Gasteiger partial charge in [0.2, 0.25) is 0 Å². The van der Waals surface area contributed by atoms with Gasteiger partial charge in [-0.3, -0.25) is 19.2 Å². The molecule has 7 nitrogen and oxygen atoms in total. The van der Waals surface area contributed by atoms with Crippen molar-refractivity contribution in [3.8, 4) is 17.2 Å². The minimum absolute atomic E-state index is 0.227. The van der Waals surface area contributed by atoms with Crippen molar-refractivity contribution in [3.05, 3.63) is 148 Å². The Morgan fingerprint density at radius 2 is 1.38 bits per heavy atom. The topological polar surface area (TPSA) is 68.8 Å². The van der Waals surface area contributed by atoms with Gasteiger partial charge in [-0.05, 0) is 55.0 Å². The standard InChI is InChI=1S/C33H26N4O3/c1-23-30(33(39)37(35(23)2)26-16-8-4-9-17-26)36-31(25-14-6-3-7-15-25)34-29(32(36)38)22-24-13-12-20-28(21-24)40-27-18-10-5-11-19-27/h3-22H,1-2H3. The number of hydrogen-bond donors (Lipinski definition) is 0. The molecule has 1 aliphatic heterocycles. The number of carbonyl (C=O) groups is 1. The number of aliphatic imine (C=N–C) groups is 1. The first-order chi connectivity index (χ1) is 19.5. The van der Waals surface area contributed by atoms with E-state index in [1.807, 2.05) is 129 Å². The van der Waals surface area contributed by atoms with Crippen LogP contribution in [-0.4, -0.2) is 21.1 Å². The van der Waals surface area contributed by atoms with Gasteiger partial charge in [-0.2, -0.15) is 0 Å². The fraction of sp³-hybridized carbons (Fsp3) is 0.0606. The number of ether oxygens (including phenoxy) is 1. The predicted molar refractivity (Wildman–Crippen MR) is 157 cm³/mol. The minimum atomic E-state index is -0.376. The number of rotatable bonds is 6. The molecule has 1 aromatic heterocycles. The zero-order valence-corrected chi connectivity index (χ0v) is 22.1. The summed E-state index contributed by atoms with van der Waals surface area (Å²) in [5.41, 5.74) is 3.02. The number of nitrogens with zero attached hydrogens (tertiary/aromatic N) is 4. The summed E-state index contributed by atoms with van der Waals surface area (Å²) < 4.78 is 9.29. The molecule has 0 bridgehead atoms. The molecule has 4 aromatic carbocycles. The Kier molecular flexibility index (Phi) is 6.46. The zero-order chi connectivity index (χ0) is 27.6. The summed E-state index contributed by atoms with van der Waals surface area (Å²) in [6.07, 6.45) is 1.72. The second-order valence-corrected chi connectivity index (χ2v) is 9.37. The molecule has 5 aromatic rings. The van der Waals surface area contributed by atoms with Crippen molar-refractivity contribution in [2.45, 2.75) is 6.92 Å². The van der Waals surface area contributed by atoms with E-state index in [0.717, 1.165) is 11.1 Å². The lowest BCUT2D eigenvalue weighted by Gasteiger charge is -2.17. The van der Waals surface area contributed by atoms with E-state index in [1.54, 1.807) is 15.4 Å². The van der Waals surface area contributed by atoms with Crippen molar-refractivity contribution in [2.24, 2.45) is 12.0 Å². The molecule has 0 unspecified atom stereocenters. The van der Waals surface area contributed by atoms with Crippen LogP contribution in [0.3, 0.4) is 0 Å². The molecule has 2 heterocycles. The summed E-state index contributed by atoms with van der Waals surface area (Å²) in [6, 6.07) is 35.7. The normalized spacial score (nSPS) is 14.1. The SMILES string of the molecule is Cc1c(N2C(=O)C(=Cc3cccc(Oc4ccccc4)c3)N=C2c2ccccc2)c(=O)n(-c2ccccc2)n1C. The average Bonchev–Trinajstić information content (AvgIpc) is 3.41. The van der Waals surface area contributed by atoms with Crippen molar-refractivity contribution in [1.82, 2.24) is 9.36 Å². The Hall–Kier alpha value is -5.43. The van der Waals surface area contributed by atoms with E-state index in [4.69, 9.17) is 9.73 Å². The molecule has 7 heteroatoms. The van der Waals surface area contributed by atoms with Crippen molar-refractivity contribution < 1.29 is 9.53 Å². The molecule has 0 radical (unpaired) electrons. The highest BCUT2D eigenvalue weighted by molar-refractivity contribution is 6.33. The molecular formula is C33H26N4O3. The molecule has 1 aliphatic rings. The number of benzene rings is 4. The summed E-state index contributed by atoms with van der Waals surface area (Å²) in [7, 11) is 1.81. The van der Waals surface area contributed by atoms with Gasteiger partial charge in [-0.25, -0.2) is 9.67 Å². The average molecular weight is 527 g/mol. The lowest BCUT2D eigenvalue weighted by molar-refractivity contribution is -0.113. The van der Waals surface area contributed by atoms with Gasteiger partial charge < -0.3 is 4.74 Å². The highest BCUT2D eigenvalue weighted by Gasteiger charge is 2.37. The summed E-state index contributed by atoms with van der Waals surface area (Å²) in [5.74, 6) is 1.38. The summed E-state index contributed by atoms with van der Waals surface area (Å²) >= 11 is 0. The van der Waals surface area contributed by atoms with E-state index in [2.05, 4.69) is 0 Å². The molecule has 196 valence electrons. The van der Waals surface area contributed by atoms with E-state index in [9.17, 15) is 9.59 Å². The number of para-hydroxylation sites is 2. The smallest absolute Gasteiger partial charge is 0.296 e. The van der Waals surface area contributed by atoms with Gasteiger partial charge in [-0.1, -0.05) is 78.9 Å². The van der Waals surface area contributed by atoms with Gasteiger partial charge in [0, 0.05) is 12.6 Å². The molecule has 40 heavy (non-hydrogen) atoms. The fourth-order valence-electron chi connectivity index (χ4n) is 4.77. The van der Waals surface area contributed by atoms with Gasteiger partial charge in [0.1, 0.15) is 28.7 Å². The van der Waals surface area contributed by atoms with Crippen molar-refractivity contribution in [1.29, 1.82) is 0 Å². The number of anilines is 1. The lowest BCUT2D eigenvalue weighted by atomic mass is 10.1. The maximum atomic E-state index is 14.0. The van der Waals surface area contributed by atoms with Crippen LogP contribution < -0.4 is 15.2 Å². The first kappa shape index (κ1) is 24.9. The number of amides is 1. The Morgan fingerprint density at radius 1 is 0.750 bits per heavy atom. The van der Waals surface area contributed by atoms with Crippen molar-refractivity contribution >= 4 is 23.5 Å². The van der Waals surface area contributed by atoms with Crippen LogP contribution in [0.25, 0.3) is 11.8 Å². The number of aromatic nitrogens is 2. The van der Waals surface area contributed by atoms with Crippen LogP contribution in [0.5, 0.6) is 11.5 Å².